The molecule has 0 aromatic carbocycles. The standard InChI is InChI=1S/C3H6FN/c1-3(5)2-4/h1-2,5H2. The van der Waals surface area contributed by atoms with Crippen molar-refractivity contribution < 1.29 is 4.39 Å². The molecule has 0 unspecified atom stereocenters. The fourth-order valence-corrected chi connectivity index (χ4v) is 0. The Kier molecular flexibility index (Phi) is 1.57. The third-order valence-electron chi connectivity index (χ3n) is 0.172. The minimum Gasteiger partial charge on any atom is -0.400 e. The van der Waals surface area contributed by atoms with Gasteiger partial charge >= 0.3 is 0 Å². The maximum absolute atomic E-state index is 10.9. The Hall–Kier alpha value is -0.530. The molecule has 30 valence electrons. The molecule has 0 rings (SSSR count). The zero-order valence-corrected chi connectivity index (χ0v) is 2.87. The Morgan fingerprint density at radius 1 is 2.00 bits per heavy atom. The first-order valence-corrected chi connectivity index (χ1v) is 1.26. The van der Waals surface area contributed by atoms with Gasteiger partial charge in [0.1, 0.15) is 6.67 Å². The first-order valence-electron chi connectivity index (χ1n) is 1.26. The maximum atomic E-state index is 10.9. The lowest BCUT2D eigenvalue weighted by Crippen LogP contribution is -1.94. The van der Waals surface area contributed by atoms with E-state index in [2.05, 4.69) is 6.58 Å². The molecule has 0 aromatic rings. The van der Waals surface area contributed by atoms with Gasteiger partial charge in [0.15, 0.2) is 0 Å². The summed E-state index contributed by atoms with van der Waals surface area (Å²) in [6, 6.07) is 0. The van der Waals surface area contributed by atoms with Crippen LogP contribution in [0.4, 0.5) is 4.39 Å². The fraction of sp³-hybridized carbons (Fsp3) is 0.333. The van der Waals surface area contributed by atoms with Gasteiger partial charge in [0.25, 0.3) is 0 Å². The van der Waals surface area contributed by atoms with E-state index in [1.807, 2.05) is 0 Å². The van der Waals surface area contributed by atoms with Gasteiger partial charge in [-0.15, -0.1) is 0 Å². The van der Waals surface area contributed by atoms with Crippen LogP contribution in [-0.2, 0) is 0 Å². The van der Waals surface area contributed by atoms with E-state index in [1.165, 1.54) is 0 Å². The van der Waals surface area contributed by atoms with Gasteiger partial charge in [-0.3, -0.25) is 0 Å². The van der Waals surface area contributed by atoms with Crippen molar-refractivity contribution in [1.82, 2.24) is 0 Å². The van der Waals surface area contributed by atoms with Gasteiger partial charge in [0.2, 0.25) is 0 Å². The first-order chi connectivity index (χ1) is 2.27. The van der Waals surface area contributed by atoms with Gasteiger partial charge in [-0.25, -0.2) is 4.39 Å². The topological polar surface area (TPSA) is 26.0 Å². The van der Waals surface area contributed by atoms with Gasteiger partial charge in [-0.05, 0) is 0 Å². The molecule has 5 heavy (non-hydrogen) atoms. The first kappa shape index (κ1) is 4.47. The van der Waals surface area contributed by atoms with Crippen LogP contribution in [0.3, 0.4) is 0 Å². The van der Waals surface area contributed by atoms with Crippen molar-refractivity contribution in [3.8, 4) is 0 Å². The van der Waals surface area contributed by atoms with Crippen LogP contribution in [0, 0.1) is 0 Å². The summed E-state index contributed by atoms with van der Waals surface area (Å²) in [5.41, 5.74) is 4.81. The second-order valence-electron chi connectivity index (χ2n) is 0.792. The van der Waals surface area contributed by atoms with Crippen LogP contribution in [-0.4, -0.2) is 6.67 Å². The second kappa shape index (κ2) is 1.76. The molecule has 0 spiro atoms. The van der Waals surface area contributed by atoms with E-state index in [9.17, 15) is 4.39 Å². The molecular formula is C3H6FN. The SMILES string of the molecule is C=C(N)CF. The minimum absolute atomic E-state index is 0.0880. The molecule has 0 fully saturated rings. The van der Waals surface area contributed by atoms with E-state index in [0.717, 1.165) is 0 Å². The molecule has 0 heterocycles. The summed E-state index contributed by atoms with van der Waals surface area (Å²) < 4.78 is 10.9. The molecule has 0 aromatic heterocycles. The lowest BCUT2D eigenvalue weighted by Gasteiger charge is -1.78. The van der Waals surface area contributed by atoms with Gasteiger partial charge in [0.05, 0.1) is 0 Å². The third-order valence-corrected chi connectivity index (χ3v) is 0.172. The highest BCUT2D eigenvalue weighted by Gasteiger charge is 1.72. The van der Waals surface area contributed by atoms with E-state index >= 15 is 0 Å². The van der Waals surface area contributed by atoms with Crippen LogP contribution < -0.4 is 5.73 Å². The Balaban J connectivity index is 2.85. The lowest BCUT2D eigenvalue weighted by molar-refractivity contribution is 0.541. The van der Waals surface area contributed by atoms with Crippen molar-refractivity contribution in [3.05, 3.63) is 12.3 Å². The van der Waals surface area contributed by atoms with Gasteiger partial charge in [-0.2, -0.15) is 0 Å². The van der Waals surface area contributed by atoms with E-state index < -0.39 is 6.67 Å². The number of allylic oxidation sites excluding steroid dienone is 1. The number of alkyl halides is 1. The molecule has 1 nitrogen and oxygen atoms in total. The van der Waals surface area contributed by atoms with E-state index in [-0.39, 0.29) is 5.70 Å². The molecular weight excluding hydrogens is 69.0 g/mol. The summed E-state index contributed by atoms with van der Waals surface area (Å²) in [5, 5.41) is 0. The largest absolute Gasteiger partial charge is 0.400 e. The molecule has 0 amide bonds. The van der Waals surface area contributed by atoms with Gasteiger partial charge in [0, 0.05) is 5.70 Å². The van der Waals surface area contributed by atoms with Crippen LogP contribution in [0.25, 0.3) is 0 Å². The Bertz CT molecular complexity index is 42.2. The van der Waals surface area contributed by atoms with E-state index in [0.29, 0.717) is 0 Å². The zero-order chi connectivity index (χ0) is 4.28. The summed E-state index contributed by atoms with van der Waals surface area (Å²) in [4.78, 5) is 0. The molecule has 0 saturated carbocycles. The Labute approximate surface area is 30.3 Å². The number of rotatable bonds is 1. The third kappa shape index (κ3) is 3.47. The number of nitrogens with two attached hydrogens (primary N) is 1. The normalized spacial score (nSPS) is 7.40. The van der Waals surface area contributed by atoms with Crippen LogP contribution in [0.15, 0.2) is 12.3 Å². The highest BCUT2D eigenvalue weighted by atomic mass is 19.1. The van der Waals surface area contributed by atoms with Crippen molar-refractivity contribution in [2.45, 2.75) is 0 Å². The zero-order valence-electron chi connectivity index (χ0n) is 2.87. The van der Waals surface area contributed by atoms with Crippen molar-refractivity contribution >= 4 is 0 Å². The fourth-order valence-electron chi connectivity index (χ4n) is 0. The number of hydrogen-bond acceptors (Lipinski definition) is 1. The van der Waals surface area contributed by atoms with Crippen LogP contribution in [0.5, 0.6) is 0 Å². The molecule has 0 saturated heterocycles. The summed E-state index contributed by atoms with van der Waals surface area (Å²) in [5.74, 6) is 0. The van der Waals surface area contributed by atoms with Crippen LogP contribution in [0.1, 0.15) is 0 Å². The predicted molar refractivity (Wildman–Crippen MR) is 19.3 cm³/mol. The summed E-state index contributed by atoms with van der Waals surface area (Å²) in [6.07, 6.45) is 0. The summed E-state index contributed by atoms with van der Waals surface area (Å²) in [6.45, 7) is 2.47. The monoisotopic (exact) mass is 75.0 g/mol. The van der Waals surface area contributed by atoms with E-state index in [4.69, 9.17) is 5.73 Å². The quantitative estimate of drug-likeness (QED) is 0.480. The van der Waals surface area contributed by atoms with Crippen molar-refractivity contribution in [3.63, 3.8) is 0 Å². The molecule has 0 aliphatic rings. The minimum atomic E-state index is -0.611. The van der Waals surface area contributed by atoms with Crippen LogP contribution in [0.2, 0.25) is 0 Å². The highest BCUT2D eigenvalue weighted by molar-refractivity contribution is 4.83. The Morgan fingerprint density at radius 2 is 2.20 bits per heavy atom. The Morgan fingerprint density at radius 3 is 2.20 bits per heavy atom. The lowest BCUT2D eigenvalue weighted by atomic mass is 10.6. The molecule has 0 aliphatic heterocycles. The molecule has 0 atom stereocenters. The average Bonchev–Trinajstić information content (AvgIpc) is 1.38. The molecule has 2 heteroatoms. The van der Waals surface area contributed by atoms with Gasteiger partial charge < -0.3 is 5.73 Å². The molecule has 0 aliphatic carbocycles. The maximum Gasteiger partial charge on any atom is 0.128 e. The van der Waals surface area contributed by atoms with Crippen molar-refractivity contribution in [2.24, 2.45) is 5.73 Å². The molecule has 2 N–H and O–H groups in total. The number of halogens is 1. The highest BCUT2D eigenvalue weighted by Crippen LogP contribution is 1.72. The second-order valence-corrected chi connectivity index (χ2v) is 0.792. The van der Waals surface area contributed by atoms with Gasteiger partial charge in [-0.1, -0.05) is 6.58 Å². The van der Waals surface area contributed by atoms with Crippen molar-refractivity contribution in [1.29, 1.82) is 0 Å². The van der Waals surface area contributed by atoms with Crippen molar-refractivity contribution in [2.75, 3.05) is 6.67 Å². The molecule has 0 radical (unpaired) electrons. The predicted octanol–water partition coefficient (Wildman–Crippen LogP) is 0.428. The number of hydrogen-bond donors (Lipinski definition) is 1. The summed E-state index contributed by atoms with van der Waals surface area (Å²) >= 11 is 0. The molecule has 0 bridgehead atoms. The summed E-state index contributed by atoms with van der Waals surface area (Å²) in [7, 11) is 0. The van der Waals surface area contributed by atoms with E-state index in [1.54, 1.807) is 0 Å². The van der Waals surface area contributed by atoms with Crippen LogP contribution >= 0.6 is 0 Å². The average molecular weight is 75.1 g/mol. The smallest absolute Gasteiger partial charge is 0.128 e.